The zero-order valence-electron chi connectivity index (χ0n) is 28.6. The van der Waals surface area contributed by atoms with Gasteiger partial charge >= 0.3 is 0 Å². The van der Waals surface area contributed by atoms with Gasteiger partial charge in [0, 0.05) is 32.7 Å². The van der Waals surface area contributed by atoms with Crippen molar-refractivity contribution in [1.82, 2.24) is 0 Å². The number of fused-ring (bicyclic) bond motifs is 4. The Morgan fingerprint density at radius 1 is 0.333 bits per heavy atom. The number of nitriles is 2. The fraction of sp³-hybridized carbons (Fsp3) is 0. The smallest absolute Gasteiger partial charge is 0.135 e. The zero-order chi connectivity index (χ0) is 35.7. The molecule has 0 aliphatic carbocycles. The molecule has 4 nitrogen and oxygen atoms in total. The van der Waals surface area contributed by atoms with Gasteiger partial charge in [0.25, 0.3) is 0 Å². The van der Waals surface area contributed by atoms with Gasteiger partial charge in [0.05, 0.1) is 23.3 Å². The number of benzene rings is 10. The summed E-state index contributed by atoms with van der Waals surface area (Å²) in [6, 6.07) is 55.0. The summed E-state index contributed by atoms with van der Waals surface area (Å²) in [5.41, 5.74) is 9.34. The van der Waals surface area contributed by atoms with E-state index in [4.69, 9.17) is 9.47 Å². The first-order valence-electron chi connectivity index (χ1n) is 17.9. The SMILES string of the molecule is N#Cc1cc(-c2ccc3c(c2)Oc2cccc4cccc-3c24)c2ccc3c(C#N)cc(-c4ccc5c(c4)Oc4cccc6cccc-5c46)c4ccc1c2c34. The summed E-state index contributed by atoms with van der Waals surface area (Å²) in [4.78, 5) is 0. The number of nitrogens with zero attached hydrogens (tertiary/aromatic N) is 2. The topological polar surface area (TPSA) is 66.0 Å². The van der Waals surface area contributed by atoms with Crippen molar-refractivity contribution < 1.29 is 9.47 Å². The molecule has 246 valence electrons. The van der Waals surface area contributed by atoms with Crippen molar-refractivity contribution in [3.8, 4) is 79.6 Å². The average Bonchev–Trinajstić information content (AvgIpc) is 3.22. The van der Waals surface area contributed by atoms with Crippen LogP contribution < -0.4 is 9.47 Å². The van der Waals surface area contributed by atoms with E-state index in [0.717, 1.165) is 121 Å². The molecule has 0 spiro atoms. The highest BCUT2D eigenvalue weighted by atomic mass is 16.5. The zero-order valence-corrected chi connectivity index (χ0v) is 28.6. The highest BCUT2D eigenvalue weighted by molar-refractivity contribution is 6.29. The van der Waals surface area contributed by atoms with E-state index in [0.29, 0.717) is 11.1 Å². The normalized spacial score (nSPS) is 12.3. The van der Waals surface area contributed by atoms with Crippen LogP contribution in [-0.4, -0.2) is 0 Å². The van der Waals surface area contributed by atoms with Crippen LogP contribution in [0.1, 0.15) is 11.1 Å². The fourth-order valence-electron chi connectivity index (χ4n) is 9.12. The van der Waals surface area contributed by atoms with Crippen LogP contribution in [0.5, 0.6) is 23.0 Å². The molecule has 10 aromatic rings. The van der Waals surface area contributed by atoms with E-state index in [2.05, 4.69) is 121 Å². The van der Waals surface area contributed by atoms with Crippen LogP contribution in [0.4, 0.5) is 0 Å². The quantitative estimate of drug-likeness (QED) is 0.170. The molecule has 0 bridgehead atoms. The summed E-state index contributed by atoms with van der Waals surface area (Å²) in [6.07, 6.45) is 0. The van der Waals surface area contributed by atoms with Crippen LogP contribution in [0, 0.1) is 22.7 Å². The Balaban J connectivity index is 1.08. The highest BCUT2D eigenvalue weighted by Gasteiger charge is 2.25. The van der Waals surface area contributed by atoms with Gasteiger partial charge in [0.1, 0.15) is 23.0 Å². The van der Waals surface area contributed by atoms with Gasteiger partial charge in [-0.3, -0.25) is 0 Å². The van der Waals surface area contributed by atoms with Crippen LogP contribution in [-0.2, 0) is 0 Å². The van der Waals surface area contributed by atoms with E-state index in [-0.39, 0.29) is 0 Å². The van der Waals surface area contributed by atoms with Gasteiger partial charge in [-0.15, -0.1) is 0 Å². The number of hydrogen-bond donors (Lipinski definition) is 0. The first-order chi connectivity index (χ1) is 26.7. The summed E-state index contributed by atoms with van der Waals surface area (Å²) in [6.45, 7) is 0. The maximum atomic E-state index is 10.6. The van der Waals surface area contributed by atoms with Crippen molar-refractivity contribution in [3.05, 3.63) is 157 Å². The van der Waals surface area contributed by atoms with Gasteiger partial charge in [-0.25, -0.2) is 0 Å². The molecule has 2 aliphatic rings. The molecule has 12 rings (SSSR count). The van der Waals surface area contributed by atoms with Crippen molar-refractivity contribution in [2.75, 3.05) is 0 Å². The number of hydrogen-bond acceptors (Lipinski definition) is 4. The molecular formula is C50H24N2O2. The Labute approximate surface area is 309 Å². The number of ether oxygens (including phenoxy) is 2. The van der Waals surface area contributed by atoms with Crippen LogP contribution in [0.3, 0.4) is 0 Å². The third-order valence-electron chi connectivity index (χ3n) is 11.5. The van der Waals surface area contributed by atoms with Crippen molar-refractivity contribution in [3.63, 3.8) is 0 Å². The lowest BCUT2D eigenvalue weighted by molar-refractivity contribution is 0.487. The van der Waals surface area contributed by atoms with Crippen LogP contribution in [0.2, 0.25) is 0 Å². The van der Waals surface area contributed by atoms with Crippen LogP contribution in [0.15, 0.2) is 146 Å². The van der Waals surface area contributed by atoms with Crippen molar-refractivity contribution in [1.29, 1.82) is 10.5 Å². The Bertz CT molecular complexity index is 3180. The molecule has 0 saturated heterocycles. The predicted molar refractivity (Wildman–Crippen MR) is 216 cm³/mol. The third kappa shape index (κ3) is 3.78. The van der Waals surface area contributed by atoms with E-state index in [9.17, 15) is 10.5 Å². The van der Waals surface area contributed by atoms with Gasteiger partial charge in [0.2, 0.25) is 0 Å². The minimum Gasteiger partial charge on any atom is -0.456 e. The molecular weight excluding hydrogens is 661 g/mol. The Kier molecular flexibility index (Phi) is 5.61. The molecule has 10 aromatic carbocycles. The summed E-state index contributed by atoms with van der Waals surface area (Å²) < 4.78 is 13.1. The molecule has 0 radical (unpaired) electrons. The molecule has 0 N–H and O–H groups in total. The highest BCUT2D eigenvalue weighted by Crippen LogP contribution is 2.51. The molecule has 0 unspecified atom stereocenters. The molecule has 0 atom stereocenters. The van der Waals surface area contributed by atoms with E-state index >= 15 is 0 Å². The standard InChI is InChI=1S/C50H24N2O2/c51-25-31-21-41(29-13-15-35-37-9-1-5-27-7-3-11-43(47(27)37)53-45(35)23-29)39-19-17-34-32(26-52)22-42(40-20-18-33(31)49(39)50(34)40)30-14-16-36-38-10-2-6-28-8-4-12-44(48(28)38)54-46(36)24-30/h1-24H. The summed E-state index contributed by atoms with van der Waals surface area (Å²) in [5, 5.41) is 31.3. The number of rotatable bonds is 2. The Morgan fingerprint density at radius 2 is 0.759 bits per heavy atom. The van der Waals surface area contributed by atoms with Crippen molar-refractivity contribution >= 4 is 53.9 Å². The van der Waals surface area contributed by atoms with Crippen LogP contribution >= 0.6 is 0 Å². The summed E-state index contributed by atoms with van der Waals surface area (Å²) >= 11 is 0. The Hall–Kier alpha value is -7.66. The van der Waals surface area contributed by atoms with E-state index in [1.807, 2.05) is 36.4 Å². The molecule has 54 heavy (non-hydrogen) atoms. The van der Waals surface area contributed by atoms with Gasteiger partial charge in [-0.1, -0.05) is 97.1 Å². The van der Waals surface area contributed by atoms with Gasteiger partial charge in [0.15, 0.2) is 0 Å². The second kappa shape index (κ2) is 10.5. The van der Waals surface area contributed by atoms with Crippen LogP contribution in [0.25, 0.3) is 98.4 Å². The first kappa shape index (κ1) is 29.0. The maximum absolute atomic E-state index is 10.6. The Morgan fingerprint density at radius 3 is 1.20 bits per heavy atom. The minimum absolute atomic E-state index is 0.583. The lowest BCUT2D eigenvalue weighted by atomic mass is 9.83. The third-order valence-corrected chi connectivity index (χ3v) is 11.5. The molecule has 2 aliphatic heterocycles. The largest absolute Gasteiger partial charge is 0.456 e. The summed E-state index contributed by atoms with van der Waals surface area (Å²) in [5.74, 6) is 3.24. The van der Waals surface area contributed by atoms with E-state index < -0.39 is 0 Å². The molecule has 0 fully saturated rings. The summed E-state index contributed by atoms with van der Waals surface area (Å²) in [7, 11) is 0. The lowest BCUT2D eigenvalue weighted by Crippen LogP contribution is -1.98. The van der Waals surface area contributed by atoms with Gasteiger partial charge in [-0.2, -0.15) is 10.5 Å². The van der Waals surface area contributed by atoms with Gasteiger partial charge < -0.3 is 9.47 Å². The van der Waals surface area contributed by atoms with E-state index in [1.54, 1.807) is 0 Å². The van der Waals surface area contributed by atoms with Crippen molar-refractivity contribution in [2.45, 2.75) is 0 Å². The van der Waals surface area contributed by atoms with E-state index in [1.165, 1.54) is 0 Å². The van der Waals surface area contributed by atoms with Gasteiger partial charge in [-0.05, 0) is 114 Å². The second-order valence-corrected chi connectivity index (χ2v) is 14.2. The molecule has 0 saturated carbocycles. The molecule has 4 heteroatoms. The lowest BCUT2D eigenvalue weighted by Gasteiger charge is -2.23. The molecule has 0 aromatic heterocycles. The minimum atomic E-state index is 0.583. The fourth-order valence-corrected chi connectivity index (χ4v) is 9.12. The average molecular weight is 685 g/mol. The maximum Gasteiger partial charge on any atom is 0.135 e. The predicted octanol–water partition coefficient (Wildman–Crippen LogP) is 13.5. The van der Waals surface area contributed by atoms with Crippen molar-refractivity contribution in [2.24, 2.45) is 0 Å². The first-order valence-corrected chi connectivity index (χ1v) is 17.9. The molecule has 2 heterocycles. The molecule has 0 amide bonds. The second-order valence-electron chi connectivity index (χ2n) is 14.2. The monoisotopic (exact) mass is 684 g/mol.